The maximum atomic E-state index is 12.9. The Labute approximate surface area is 174 Å². The van der Waals surface area contributed by atoms with E-state index in [1.165, 1.54) is 0 Å². The fraction of sp³-hybridized carbons (Fsp3) is 0.125. The van der Waals surface area contributed by atoms with Gasteiger partial charge in [-0.1, -0.05) is 59.8 Å². The van der Waals surface area contributed by atoms with Crippen LogP contribution in [0.1, 0.15) is 27.4 Å². The molecule has 4 aromatic rings. The number of ether oxygens (including phenoxy) is 1. The first-order valence-electron chi connectivity index (χ1n) is 9.58. The average molecular weight is 399 g/mol. The fourth-order valence-electron chi connectivity index (χ4n) is 3.00. The predicted octanol–water partition coefficient (Wildman–Crippen LogP) is 5.18. The molecule has 1 amide bonds. The van der Waals surface area contributed by atoms with Gasteiger partial charge in [-0.3, -0.25) is 4.79 Å². The molecular weight excluding hydrogens is 378 g/mol. The van der Waals surface area contributed by atoms with Crippen LogP contribution in [0.4, 0.5) is 5.69 Å². The maximum Gasteiger partial charge on any atom is 0.264 e. The highest BCUT2D eigenvalue weighted by Crippen LogP contribution is 2.23. The minimum atomic E-state index is -0.241. The van der Waals surface area contributed by atoms with Crippen molar-refractivity contribution < 1.29 is 14.1 Å². The van der Waals surface area contributed by atoms with E-state index in [1.807, 2.05) is 68.4 Å². The molecule has 0 spiro atoms. The Kier molecular flexibility index (Phi) is 5.57. The van der Waals surface area contributed by atoms with Gasteiger partial charge in [0.2, 0.25) is 5.82 Å². The van der Waals surface area contributed by atoms with Gasteiger partial charge >= 0.3 is 0 Å². The first kappa shape index (κ1) is 19.4. The molecule has 6 nitrogen and oxygen atoms in total. The predicted molar refractivity (Wildman–Crippen MR) is 114 cm³/mol. The molecule has 0 radical (unpaired) electrons. The van der Waals surface area contributed by atoms with E-state index in [4.69, 9.17) is 9.26 Å². The van der Waals surface area contributed by atoms with Gasteiger partial charge in [0.1, 0.15) is 5.75 Å². The van der Waals surface area contributed by atoms with Crippen molar-refractivity contribution in [1.82, 2.24) is 10.1 Å². The molecule has 1 heterocycles. The Morgan fingerprint density at radius 1 is 1.00 bits per heavy atom. The molecule has 0 saturated heterocycles. The molecule has 30 heavy (non-hydrogen) atoms. The van der Waals surface area contributed by atoms with Gasteiger partial charge in [-0.15, -0.1) is 0 Å². The summed E-state index contributed by atoms with van der Waals surface area (Å²) >= 11 is 0. The van der Waals surface area contributed by atoms with Crippen LogP contribution in [0.5, 0.6) is 5.75 Å². The van der Waals surface area contributed by atoms with Crippen LogP contribution in [0.2, 0.25) is 0 Å². The zero-order chi connectivity index (χ0) is 20.9. The maximum absolute atomic E-state index is 12.9. The summed E-state index contributed by atoms with van der Waals surface area (Å²) in [4.78, 5) is 17.2. The van der Waals surface area contributed by atoms with Crippen molar-refractivity contribution >= 4 is 11.6 Å². The van der Waals surface area contributed by atoms with Gasteiger partial charge < -0.3 is 14.6 Å². The second-order valence-electron chi connectivity index (χ2n) is 6.94. The summed E-state index contributed by atoms with van der Waals surface area (Å²) in [5, 5.41) is 6.95. The highest BCUT2D eigenvalue weighted by atomic mass is 16.5. The monoisotopic (exact) mass is 399 g/mol. The number of hydrogen-bond acceptors (Lipinski definition) is 5. The van der Waals surface area contributed by atoms with Gasteiger partial charge in [-0.2, -0.15) is 4.98 Å². The Morgan fingerprint density at radius 2 is 1.77 bits per heavy atom. The number of benzene rings is 3. The second kappa shape index (κ2) is 8.61. The molecule has 0 saturated carbocycles. The van der Waals surface area contributed by atoms with E-state index in [0.29, 0.717) is 23.0 Å². The lowest BCUT2D eigenvalue weighted by Gasteiger charge is -2.12. The van der Waals surface area contributed by atoms with Crippen LogP contribution < -0.4 is 10.1 Å². The SMILES string of the molecule is Cc1ccc(C)c(NC(=O)c2ccccc2OCc2nc(-c3ccccc3)no2)c1. The van der Waals surface area contributed by atoms with Gasteiger partial charge in [-0.25, -0.2) is 0 Å². The van der Waals surface area contributed by atoms with E-state index < -0.39 is 0 Å². The Hall–Kier alpha value is -3.93. The zero-order valence-electron chi connectivity index (χ0n) is 16.8. The van der Waals surface area contributed by atoms with Crippen LogP contribution in [0.3, 0.4) is 0 Å². The minimum Gasteiger partial charge on any atom is -0.483 e. The highest BCUT2D eigenvalue weighted by Gasteiger charge is 2.15. The molecule has 0 unspecified atom stereocenters. The number of rotatable bonds is 6. The normalized spacial score (nSPS) is 10.6. The van der Waals surface area contributed by atoms with E-state index >= 15 is 0 Å². The molecule has 0 fully saturated rings. The number of carbonyl (C=O) groups is 1. The number of para-hydroxylation sites is 1. The Morgan fingerprint density at radius 3 is 2.60 bits per heavy atom. The van der Waals surface area contributed by atoms with Crippen molar-refractivity contribution in [3.8, 4) is 17.1 Å². The molecule has 1 aromatic heterocycles. The largest absolute Gasteiger partial charge is 0.483 e. The summed E-state index contributed by atoms with van der Waals surface area (Å²) in [5.41, 5.74) is 4.14. The van der Waals surface area contributed by atoms with E-state index in [-0.39, 0.29) is 12.5 Å². The lowest BCUT2D eigenvalue weighted by Crippen LogP contribution is -2.14. The summed E-state index contributed by atoms with van der Waals surface area (Å²) in [6.45, 7) is 4.01. The van der Waals surface area contributed by atoms with Crippen LogP contribution in [-0.4, -0.2) is 16.0 Å². The number of aryl methyl sites for hydroxylation is 2. The zero-order valence-corrected chi connectivity index (χ0v) is 16.8. The number of nitrogens with one attached hydrogen (secondary N) is 1. The second-order valence-corrected chi connectivity index (χ2v) is 6.94. The molecule has 150 valence electrons. The summed E-state index contributed by atoms with van der Waals surface area (Å²) in [6, 6.07) is 22.6. The molecular formula is C24H21N3O3. The Balaban J connectivity index is 1.48. The van der Waals surface area contributed by atoms with Crippen molar-refractivity contribution in [1.29, 1.82) is 0 Å². The third-order valence-electron chi connectivity index (χ3n) is 4.62. The van der Waals surface area contributed by atoms with Crippen molar-refractivity contribution in [3.05, 3.63) is 95.4 Å². The van der Waals surface area contributed by atoms with Gasteiger partial charge in [-0.05, 0) is 43.2 Å². The van der Waals surface area contributed by atoms with Crippen LogP contribution in [-0.2, 0) is 6.61 Å². The van der Waals surface area contributed by atoms with Crippen molar-refractivity contribution in [3.63, 3.8) is 0 Å². The fourth-order valence-corrected chi connectivity index (χ4v) is 3.00. The summed E-state index contributed by atoms with van der Waals surface area (Å²) in [5.74, 6) is 1.03. The van der Waals surface area contributed by atoms with Gasteiger partial charge in [0, 0.05) is 11.3 Å². The summed E-state index contributed by atoms with van der Waals surface area (Å²) in [7, 11) is 0. The molecule has 3 aromatic carbocycles. The molecule has 0 aliphatic rings. The molecule has 0 aliphatic heterocycles. The standard InChI is InChI=1S/C24H21N3O3/c1-16-12-13-17(2)20(14-16)25-24(28)19-10-6-7-11-21(19)29-15-22-26-23(27-30-22)18-8-4-3-5-9-18/h3-14H,15H2,1-2H3,(H,25,28). The lowest BCUT2D eigenvalue weighted by atomic mass is 10.1. The minimum absolute atomic E-state index is 0.0631. The first-order valence-corrected chi connectivity index (χ1v) is 9.58. The van der Waals surface area contributed by atoms with Crippen molar-refractivity contribution in [2.24, 2.45) is 0 Å². The third-order valence-corrected chi connectivity index (χ3v) is 4.62. The number of aromatic nitrogens is 2. The topological polar surface area (TPSA) is 77.2 Å². The Bertz CT molecular complexity index is 1170. The van der Waals surface area contributed by atoms with E-state index in [9.17, 15) is 4.79 Å². The molecule has 6 heteroatoms. The summed E-state index contributed by atoms with van der Waals surface area (Å²) in [6.07, 6.45) is 0. The number of carbonyl (C=O) groups excluding carboxylic acids is 1. The van der Waals surface area contributed by atoms with Gasteiger partial charge in [0.05, 0.1) is 5.56 Å². The van der Waals surface area contributed by atoms with Crippen LogP contribution >= 0.6 is 0 Å². The van der Waals surface area contributed by atoms with Crippen LogP contribution in [0.25, 0.3) is 11.4 Å². The van der Waals surface area contributed by atoms with E-state index in [0.717, 1.165) is 22.4 Å². The highest BCUT2D eigenvalue weighted by molar-refractivity contribution is 6.06. The van der Waals surface area contributed by atoms with Crippen LogP contribution in [0.15, 0.2) is 77.3 Å². The number of hydrogen-bond donors (Lipinski definition) is 1. The molecule has 4 rings (SSSR count). The molecule has 1 N–H and O–H groups in total. The average Bonchev–Trinajstić information content (AvgIpc) is 3.25. The number of anilines is 1. The van der Waals surface area contributed by atoms with Gasteiger partial charge in [0.25, 0.3) is 11.8 Å². The van der Waals surface area contributed by atoms with Gasteiger partial charge in [0.15, 0.2) is 6.61 Å². The molecule has 0 bridgehead atoms. The first-order chi connectivity index (χ1) is 14.6. The van der Waals surface area contributed by atoms with Crippen molar-refractivity contribution in [2.75, 3.05) is 5.32 Å². The molecule has 0 atom stereocenters. The number of amides is 1. The lowest BCUT2D eigenvalue weighted by molar-refractivity contribution is 0.102. The van der Waals surface area contributed by atoms with E-state index in [1.54, 1.807) is 18.2 Å². The summed E-state index contributed by atoms with van der Waals surface area (Å²) < 4.78 is 11.1. The van der Waals surface area contributed by atoms with E-state index in [2.05, 4.69) is 15.5 Å². The number of nitrogens with zero attached hydrogens (tertiary/aromatic N) is 2. The third kappa shape index (κ3) is 4.38. The van der Waals surface area contributed by atoms with Crippen LogP contribution in [0, 0.1) is 13.8 Å². The molecule has 0 aliphatic carbocycles. The quantitative estimate of drug-likeness (QED) is 0.483. The van der Waals surface area contributed by atoms with Crippen molar-refractivity contribution in [2.45, 2.75) is 20.5 Å². The smallest absolute Gasteiger partial charge is 0.264 e.